The van der Waals surface area contributed by atoms with E-state index in [0.717, 1.165) is 18.2 Å². The molecule has 0 aromatic heterocycles. The number of anilines is 2. The molecular formula is C17H18N2Na4O13S4. The summed E-state index contributed by atoms with van der Waals surface area (Å²) >= 11 is 0. The molecule has 7 N–H and O–H groups in total. The van der Waals surface area contributed by atoms with Crippen LogP contribution >= 0.6 is 0 Å². The third kappa shape index (κ3) is 10.2. The Kier molecular flexibility index (Phi) is 16.3. The number of hydrogen-bond donors (Lipinski definition) is 6. The molecule has 0 atom stereocenters. The van der Waals surface area contributed by atoms with Crippen LogP contribution in [0.4, 0.5) is 11.4 Å². The Hall–Kier alpha value is 0.830. The molecule has 0 heterocycles. The zero-order chi connectivity index (χ0) is 27.4. The van der Waals surface area contributed by atoms with E-state index in [4.69, 9.17) is 5.73 Å². The van der Waals surface area contributed by atoms with Crippen LogP contribution in [-0.2, 0) is 40.5 Å². The summed E-state index contributed by atoms with van der Waals surface area (Å²) in [6, 6.07) is 4.65. The van der Waals surface area contributed by atoms with Crippen molar-refractivity contribution in [1.29, 1.82) is 0 Å². The second kappa shape index (κ2) is 15.2. The first-order valence-corrected chi connectivity index (χ1v) is 14.7. The molecule has 0 radical (unpaired) electrons. The molecule has 15 nitrogen and oxygen atoms in total. The normalized spacial score (nSPS) is 11.7. The number of nitrogen functional groups attached to an aromatic ring is 1. The first-order chi connectivity index (χ1) is 16.2. The molecular weight excluding hydrogens is 660 g/mol. The fraction of sp³-hybridized carbons (Fsp3) is 0. The molecule has 0 aliphatic carbocycles. The molecule has 40 heavy (non-hydrogen) atoms. The minimum absolute atomic E-state index is 0. The number of nitrogens with two attached hydrogens (primary N) is 1. The van der Waals surface area contributed by atoms with E-state index in [1.807, 2.05) is 5.32 Å². The zero-order valence-corrected chi connectivity index (χ0v) is 32.5. The fourth-order valence-corrected chi connectivity index (χ4v) is 5.80. The van der Waals surface area contributed by atoms with Gasteiger partial charge >= 0.3 is 118 Å². The number of benzene rings is 3. The Morgan fingerprint density at radius 3 is 1.52 bits per heavy atom. The minimum Gasteiger partial charge on any atom is -1.00 e. The van der Waals surface area contributed by atoms with Crippen molar-refractivity contribution >= 4 is 68.5 Å². The van der Waals surface area contributed by atoms with Crippen molar-refractivity contribution in [2.45, 2.75) is 19.6 Å². The molecule has 23 heteroatoms. The third-order valence-corrected chi connectivity index (χ3v) is 8.04. The van der Waals surface area contributed by atoms with Crippen molar-refractivity contribution in [2.75, 3.05) is 11.1 Å². The first kappa shape index (κ1) is 43.0. The van der Waals surface area contributed by atoms with Crippen LogP contribution in [0.3, 0.4) is 0 Å². The van der Waals surface area contributed by atoms with E-state index in [0.29, 0.717) is 24.3 Å². The van der Waals surface area contributed by atoms with Gasteiger partial charge in [-0.3, -0.25) is 23.0 Å². The number of carbonyl (C=O) groups excluding carboxylic acids is 1. The molecule has 3 aromatic carbocycles. The van der Waals surface area contributed by atoms with Crippen LogP contribution < -0.4 is 129 Å². The molecule has 0 aliphatic heterocycles. The van der Waals surface area contributed by atoms with Gasteiger partial charge in [-0.1, -0.05) is 0 Å². The van der Waals surface area contributed by atoms with Crippen LogP contribution in [0.1, 0.15) is 16.1 Å². The topological polar surface area (TPSA) is 273 Å². The van der Waals surface area contributed by atoms with Crippen molar-refractivity contribution in [1.82, 2.24) is 0 Å². The maximum Gasteiger partial charge on any atom is 1.00 e. The van der Waals surface area contributed by atoms with Crippen molar-refractivity contribution in [2.24, 2.45) is 0 Å². The van der Waals surface area contributed by atoms with Crippen molar-refractivity contribution < 1.29 is 181 Å². The van der Waals surface area contributed by atoms with E-state index in [-0.39, 0.29) is 130 Å². The maximum absolute atomic E-state index is 12.9. The molecule has 0 aliphatic rings. The monoisotopic (exact) mass is 678 g/mol. The standard InChI is InChI=1S/C17H14N2O13S4.4Na.4H/c18-9-1-2-12(14(5-9)35(27,28)29)17(20)19-13-6-10(33(21,22)23)3-8-4-11(34(24,25)26)7-15(16(8)13)36(30,31)32;;;;;;;;/h1-7H,18H2,(H,19,20)(H,21,22,23)(H,24,25,26)(H,27,28,29)(H,30,31,32);;;;;;;;/q;4*+1;4*-1. The summed E-state index contributed by atoms with van der Waals surface area (Å²) in [7, 11) is -20.5. The molecule has 0 fully saturated rings. The smallest absolute Gasteiger partial charge is 1.00 e. The van der Waals surface area contributed by atoms with Crippen LogP contribution in [0, 0.1) is 0 Å². The van der Waals surface area contributed by atoms with Gasteiger partial charge in [0.15, 0.2) is 0 Å². The second-order valence-corrected chi connectivity index (χ2v) is 12.7. The molecule has 1 amide bonds. The first-order valence-electron chi connectivity index (χ1n) is 8.92. The summed E-state index contributed by atoms with van der Waals surface area (Å²) in [5.41, 5.74) is 3.79. The summed E-state index contributed by atoms with van der Waals surface area (Å²) in [5, 5.41) is 0.697. The number of amides is 1. The Bertz CT molecular complexity index is 1910. The van der Waals surface area contributed by atoms with Gasteiger partial charge in [0.2, 0.25) is 0 Å². The van der Waals surface area contributed by atoms with Gasteiger partial charge in [0, 0.05) is 11.1 Å². The summed E-state index contributed by atoms with van der Waals surface area (Å²) in [5.74, 6) is -1.36. The zero-order valence-electron chi connectivity index (χ0n) is 25.2. The molecule has 3 aromatic rings. The van der Waals surface area contributed by atoms with E-state index >= 15 is 0 Å². The number of rotatable bonds is 6. The number of carbonyl (C=O) groups is 1. The average Bonchev–Trinajstić information content (AvgIpc) is 2.69. The van der Waals surface area contributed by atoms with Crippen LogP contribution in [0.5, 0.6) is 0 Å². The molecule has 3 rings (SSSR count). The predicted molar refractivity (Wildman–Crippen MR) is 126 cm³/mol. The Balaban J connectivity index is -0.000000451. The van der Waals surface area contributed by atoms with Crippen LogP contribution in [-0.4, -0.2) is 57.8 Å². The SMILES string of the molecule is Nc1ccc(C(=O)Nc2cc(S(=O)(=O)O)cc3cc(S(=O)(=O)O)cc(S(=O)(=O)O)c23)c(S(=O)(=O)O)c1.[H-].[H-].[H-].[H-].[Na+].[Na+].[Na+].[Na+]. The summed E-state index contributed by atoms with van der Waals surface area (Å²) in [6.07, 6.45) is 0. The molecule has 0 saturated heterocycles. The van der Waals surface area contributed by atoms with Crippen molar-refractivity contribution in [3.8, 4) is 0 Å². The van der Waals surface area contributed by atoms with Crippen molar-refractivity contribution in [3.63, 3.8) is 0 Å². The van der Waals surface area contributed by atoms with Crippen molar-refractivity contribution in [3.05, 3.63) is 48.0 Å². The molecule has 0 bridgehead atoms. The largest absolute Gasteiger partial charge is 1.00 e. The number of hydrogen-bond acceptors (Lipinski definition) is 10. The van der Waals surface area contributed by atoms with Crippen LogP contribution in [0.15, 0.2) is 62.0 Å². The van der Waals surface area contributed by atoms with Crippen LogP contribution in [0.25, 0.3) is 10.8 Å². The van der Waals surface area contributed by atoms with Gasteiger partial charge in [0.25, 0.3) is 46.4 Å². The predicted octanol–water partition coefficient (Wildman–Crippen LogP) is -10.9. The molecule has 0 unspecified atom stereocenters. The second-order valence-electron chi connectivity index (χ2n) is 7.10. The van der Waals surface area contributed by atoms with E-state index in [1.165, 1.54) is 0 Å². The third-order valence-electron chi connectivity index (χ3n) is 4.61. The van der Waals surface area contributed by atoms with E-state index in [9.17, 15) is 56.7 Å². The quantitative estimate of drug-likeness (QED) is 0.0803. The number of fused-ring (bicyclic) bond motifs is 1. The van der Waals surface area contributed by atoms with Gasteiger partial charge < -0.3 is 16.8 Å². The van der Waals surface area contributed by atoms with Gasteiger partial charge in [-0.05, 0) is 47.9 Å². The molecule has 202 valence electrons. The molecule has 0 saturated carbocycles. The van der Waals surface area contributed by atoms with E-state index in [1.54, 1.807) is 0 Å². The van der Waals surface area contributed by atoms with Gasteiger partial charge in [-0.25, -0.2) is 0 Å². The summed E-state index contributed by atoms with van der Waals surface area (Å²) < 4.78 is 132. The average molecular weight is 679 g/mol. The van der Waals surface area contributed by atoms with Gasteiger partial charge in [-0.2, -0.15) is 33.7 Å². The van der Waals surface area contributed by atoms with E-state index in [2.05, 4.69) is 0 Å². The Labute approximate surface area is 323 Å². The fourth-order valence-electron chi connectivity index (χ4n) is 3.15. The van der Waals surface area contributed by atoms with Gasteiger partial charge in [-0.15, -0.1) is 0 Å². The molecule has 0 spiro atoms. The van der Waals surface area contributed by atoms with E-state index < -0.39 is 88.0 Å². The number of nitrogens with one attached hydrogen (secondary N) is 1. The maximum atomic E-state index is 12.9. The minimum atomic E-state index is -5.31. The van der Waals surface area contributed by atoms with Crippen LogP contribution in [0.2, 0.25) is 0 Å². The van der Waals surface area contributed by atoms with Gasteiger partial charge in [0.1, 0.15) is 9.79 Å². The summed E-state index contributed by atoms with van der Waals surface area (Å²) in [6.45, 7) is 0. The summed E-state index contributed by atoms with van der Waals surface area (Å²) in [4.78, 5) is 8.62. The Morgan fingerprint density at radius 1 is 0.650 bits per heavy atom. The van der Waals surface area contributed by atoms with Gasteiger partial charge in [0.05, 0.1) is 21.0 Å². The Morgan fingerprint density at radius 2 is 1.10 bits per heavy atom.